The molecule has 1 aromatic carbocycles. The predicted molar refractivity (Wildman–Crippen MR) is 105 cm³/mol. The number of thiophene rings is 1. The van der Waals surface area contributed by atoms with Gasteiger partial charge in [0.25, 0.3) is 0 Å². The van der Waals surface area contributed by atoms with Crippen LogP contribution in [0.5, 0.6) is 0 Å². The highest BCUT2D eigenvalue weighted by atomic mass is 32.2. The van der Waals surface area contributed by atoms with E-state index in [1.165, 1.54) is 18.1 Å². The summed E-state index contributed by atoms with van der Waals surface area (Å²) >= 11 is 2.95. The summed E-state index contributed by atoms with van der Waals surface area (Å²) in [6.07, 6.45) is 2.92. The zero-order valence-electron chi connectivity index (χ0n) is 13.8. The lowest BCUT2D eigenvalue weighted by atomic mass is 10.2. The summed E-state index contributed by atoms with van der Waals surface area (Å²) in [5, 5.41) is 5.70. The van der Waals surface area contributed by atoms with Gasteiger partial charge in [0.05, 0.1) is 27.3 Å². The van der Waals surface area contributed by atoms with Crippen molar-refractivity contribution in [3.8, 4) is 0 Å². The summed E-state index contributed by atoms with van der Waals surface area (Å²) in [5.41, 5.74) is 2.32. The Morgan fingerprint density at radius 3 is 3.00 bits per heavy atom. The molecule has 0 unspecified atom stereocenters. The van der Waals surface area contributed by atoms with E-state index in [0.717, 1.165) is 27.4 Å². The van der Waals surface area contributed by atoms with Crippen LogP contribution in [0.2, 0.25) is 0 Å². The van der Waals surface area contributed by atoms with E-state index in [2.05, 4.69) is 15.3 Å². The van der Waals surface area contributed by atoms with Crippen LogP contribution in [0, 0.1) is 0 Å². The number of para-hydroxylation sites is 2. The molecule has 3 aromatic rings. The van der Waals surface area contributed by atoms with E-state index >= 15 is 0 Å². The Hall–Kier alpha value is -2.45. The predicted octanol–water partition coefficient (Wildman–Crippen LogP) is 3.55. The Morgan fingerprint density at radius 1 is 1.27 bits per heavy atom. The first-order valence-electron chi connectivity index (χ1n) is 8.22. The number of hydrogen-bond donors (Lipinski definition) is 1. The average molecular weight is 384 g/mol. The molecule has 3 heterocycles. The molecule has 0 bridgehead atoms. The molecule has 1 fully saturated rings. The summed E-state index contributed by atoms with van der Waals surface area (Å²) in [6.45, 7) is 0.692. The first-order valence-corrected chi connectivity index (χ1v) is 10.1. The second kappa shape index (κ2) is 7.43. The van der Waals surface area contributed by atoms with Gasteiger partial charge in [-0.3, -0.25) is 9.59 Å². The Kier molecular flexibility index (Phi) is 4.85. The summed E-state index contributed by atoms with van der Waals surface area (Å²) in [7, 11) is 0. The number of rotatable bonds is 5. The lowest BCUT2D eigenvalue weighted by molar-refractivity contribution is -0.117. The molecule has 26 heavy (non-hydrogen) atoms. The molecule has 6 nitrogen and oxygen atoms in total. The summed E-state index contributed by atoms with van der Waals surface area (Å²) < 4.78 is 0.994. The van der Waals surface area contributed by atoms with E-state index in [4.69, 9.17) is 0 Å². The van der Waals surface area contributed by atoms with E-state index in [0.29, 0.717) is 18.7 Å². The number of anilines is 2. The van der Waals surface area contributed by atoms with Crippen molar-refractivity contribution in [1.82, 2.24) is 9.97 Å². The van der Waals surface area contributed by atoms with Crippen LogP contribution in [0.25, 0.3) is 10.2 Å². The van der Waals surface area contributed by atoms with Crippen molar-refractivity contribution in [1.29, 1.82) is 0 Å². The van der Waals surface area contributed by atoms with E-state index in [1.807, 2.05) is 35.7 Å². The van der Waals surface area contributed by atoms with Gasteiger partial charge in [-0.15, -0.1) is 11.3 Å². The zero-order valence-corrected chi connectivity index (χ0v) is 15.5. The molecule has 1 N–H and O–H groups in total. The van der Waals surface area contributed by atoms with Crippen LogP contribution < -0.4 is 10.2 Å². The Bertz CT molecular complexity index is 972. The minimum atomic E-state index is -0.127. The number of benzene rings is 1. The minimum Gasteiger partial charge on any atom is -0.324 e. The van der Waals surface area contributed by atoms with E-state index < -0.39 is 0 Å². The molecule has 0 spiro atoms. The third-order valence-corrected chi connectivity index (χ3v) is 6.12. The monoisotopic (exact) mass is 384 g/mol. The Labute approximate surface area is 158 Å². The van der Waals surface area contributed by atoms with Crippen molar-refractivity contribution in [3.63, 3.8) is 0 Å². The third-order valence-electron chi connectivity index (χ3n) is 4.09. The highest BCUT2D eigenvalue weighted by Crippen LogP contribution is 2.31. The van der Waals surface area contributed by atoms with Gasteiger partial charge in [-0.2, -0.15) is 0 Å². The van der Waals surface area contributed by atoms with Crippen molar-refractivity contribution < 1.29 is 9.59 Å². The lowest BCUT2D eigenvalue weighted by Gasteiger charge is -2.19. The summed E-state index contributed by atoms with van der Waals surface area (Å²) in [4.78, 5) is 34.7. The second-order valence-electron chi connectivity index (χ2n) is 5.82. The van der Waals surface area contributed by atoms with Crippen LogP contribution >= 0.6 is 23.1 Å². The molecule has 0 saturated carbocycles. The number of carbonyl (C=O) groups is 2. The van der Waals surface area contributed by atoms with Gasteiger partial charge in [0.2, 0.25) is 11.8 Å². The molecule has 0 aliphatic carbocycles. The number of nitrogens with zero attached hydrogens (tertiary/aromatic N) is 3. The van der Waals surface area contributed by atoms with Crippen molar-refractivity contribution in [2.45, 2.75) is 17.9 Å². The molecule has 0 atom stereocenters. The maximum atomic E-state index is 12.4. The summed E-state index contributed by atoms with van der Waals surface area (Å²) in [5.74, 6) is 0.214. The van der Waals surface area contributed by atoms with Gasteiger partial charge in [-0.1, -0.05) is 23.9 Å². The maximum Gasteiger partial charge on any atom is 0.234 e. The van der Waals surface area contributed by atoms with Crippen LogP contribution in [0.1, 0.15) is 12.8 Å². The fraction of sp³-hybridized carbons (Fsp3) is 0.222. The fourth-order valence-electron chi connectivity index (χ4n) is 2.91. The maximum absolute atomic E-state index is 12.4. The molecule has 4 rings (SSSR count). The van der Waals surface area contributed by atoms with Crippen LogP contribution in [-0.4, -0.2) is 34.1 Å². The third kappa shape index (κ3) is 3.42. The van der Waals surface area contributed by atoms with Gasteiger partial charge < -0.3 is 10.2 Å². The van der Waals surface area contributed by atoms with E-state index in [1.54, 1.807) is 16.2 Å². The first-order chi connectivity index (χ1) is 12.7. The van der Waals surface area contributed by atoms with Gasteiger partial charge >= 0.3 is 0 Å². The number of carbonyl (C=O) groups excluding carboxylic acids is 2. The topological polar surface area (TPSA) is 75.2 Å². The quantitative estimate of drug-likeness (QED) is 0.538. The van der Waals surface area contributed by atoms with Gasteiger partial charge in [0.1, 0.15) is 11.4 Å². The van der Waals surface area contributed by atoms with E-state index in [9.17, 15) is 9.59 Å². The summed E-state index contributed by atoms with van der Waals surface area (Å²) in [6, 6.07) is 9.36. The molecule has 1 aliphatic rings. The van der Waals surface area contributed by atoms with E-state index in [-0.39, 0.29) is 17.6 Å². The van der Waals surface area contributed by atoms with Crippen LogP contribution in [0.3, 0.4) is 0 Å². The van der Waals surface area contributed by atoms with Gasteiger partial charge in [-0.05, 0) is 30.0 Å². The van der Waals surface area contributed by atoms with Crippen molar-refractivity contribution in [2.24, 2.45) is 0 Å². The molecule has 1 aliphatic heterocycles. The number of aromatic nitrogens is 2. The highest BCUT2D eigenvalue weighted by Gasteiger charge is 2.24. The number of thioether (sulfide) groups is 1. The van der Waals surface area contributed by atoms with Crippen molar-refractivity contribution in [3.05, 3.63) is 42.0 Å². The first kappa shape index (κ1) is 17.0. The van der Waals surface area contributed by atoms with Crippen molar-refractivity contribution >= 4 is 56.5 Å². The smallest absolute Gasteiger partial charge is 0.234 e. The van der Waals surface area contributed by atoms with Gasteiger partial charge in [-0.25, -0.2) is 9.97 Å². The average Bonchev–Trinajstić information content (AvgIpc) is 3.29. The van der Waals surface area contributed by atoms with Crippen LogP contribution in [-0.2, 0) is 9.59 Å². The molecule has 132 valence electrons. The number of fused-ring (bicyclic) bond motifs is 1. The standard InChI is InChI=1S/C18H16N4O2S2/c23-15(10-26-18-17-13(7-9-25-17)19-11-20-18)21-12-4-1-2-5-14(12)22-8-3-6-16(22)24/h1-2,4-5,7,9,11H,3,6,8,10H2,(H,21,23). The fourth-order valence-corrected chi connectivity index (χ4v) is 4.65. The zero-order chi connectivity index (χ0) is 17.9. The largest absolute Gasteiger partial charge is 0.324 e. The van der Waals surface area contributed by atoms with Gasteiger partial charge in [0, 0.05) is 13.0 Å². The van der Waals surface area contributed by atoms with Crippen LogP contribution in [0.4, 0.5) is 11.4 Å². The molecule has 8 heteroatoms. The SMILES string of the molecule is O=C(CSc1ncnc2ccsc12)Nc1ccccc1N1CCCC1=O. The Morgan fingerprint density at radius 2 is 2.15 bits per heavy atom. The lowest BCUT2D eigenvalue weighted by Crippen LogP contribution is -2.26. The number of nitrogens with one attached hydrogen (secondary N) is 1. The Balaban J connectivity index is 1.46. The molecule has 0 radical (unpaired) electrons. The van der Waals surface area contributed by atoms with Gasteiger partial charge in [0.15, 0.2) is 0 Å². The second-order valence-corrected chi connectivity index (χ2v) is 7.70. The molecular formula is C18H16N4O2S2. The number of amides is 2. The number of hydrogen-bond acceptors (Lipinski definition) is 6. The minimum absolute atomic E-state index is 0.0992. The molecule has 1 saturated heterocycles. The molecule has 2 aromatic heterocycles. The van der Waals surface area contributed by atoms with Crippen LogP contribution in [0.15, 0.2) is 47.1 Å². The molecule has 2 amide bonds. The molecular weight excluding hydrogens is 368 g/mol. The highest BCUT2D eigenvalue weighted by molar-refractivity contribution is 8.00. The normalized spacial score (nSPS) is 14.2. The van der Waals surface area contributed by atoms with Crippen molar-refractivity contribution in [2.75, 3.05) is 22.5 Å².